The third-order valence-electron chi connectivity index (χ3n) is 3.75. The third kappa shape index (κ3) is 3.98. The monoisotopic (exact) mass is 378 g/mol. The minimum atomic E-state index is -0.315. The number of halogens is 2. The maximum absolute atomic E-state index is 13.5. The summed E-state index contributed by atoms with van der Waals surface area (Å²) < 4.78 is 14.2. The van der Waals surface area contributed by atoms with Crippen molar-refractivity contribution in [2.24, 2.45) is 0 Å². The maximum Gasteiger partial charge on any atom is 0.261 e. The maximum atomic E-state index is 13.5. The first-order valence-electron chi connectivity index (χ1n) is 7.87. The van der Waals surface area contributed by atoms with Crippen molar-refractivity contribution in [3.8, 4) is 0 Å². The molecular formula is C18H18ClFN3OS+. The first kappa shape index (κ1) is 17.8. The Morgan fingerprint density at radius 2 is 2.04 bits per heavy atom. The van der Waals surface area contributed by atoms with Crippen LogP contribution in [0.2, 0.25) is 5.02 Å². The summed E-state index contributed by atoms with van der Waals surface area (Å²) in [5, 5.41) is 0.952. The molecule has 3 rings (SSSR count). The van der Waals surface area contributed by atoms with Crippen molar-refractivity contribution in [3.63, 3.8) is 0 Å². The van der Waals surface area contributed by atoms with Gasteiger partial charge in [0.05, 0.1) is 48.0 Å². The van der Waals surface area contributed by atoms with Crippen LogP contribution in [-0.2, 0) is 0 Å². The van der Waals surface area contributed by atoms with Gasteiger partial charge in [-0.15, -0.1) is 0 Å². The van der Waals surface area contributed by atoms with E-state index in [9.17, 15) is 9.18 Å². The molecule has 0 aliphatic rings. The molecule has 25 heavy (non-hydrogen) atoms. The Morgan fingerprint density at radius 1 is 1.28 bits per heavy atom. The summed E-state index contributed by atoms with van der Waals surface area (Å²) in [6.07, 6.45) is 0. The van der Waals surface area contributed by atoms with Crippen LogP contribution in [0.25, 0.3) is 10.2 Å². The molecule has 0 fully saturated rings. The number of nitrogens with zero attached hydrogens (tertiary/aromatic N) is 2. The molecule has 1 aromatic heterocycles. The normalized spacial score (nSPS) is 11.2. The van der Waals surface area contributed by atoms with Gasteiger partial charge in [-0.3, -0.25) is 9.69 Å². The molecule has 0 saturated carbocycles. The Bertz CT molecular complexity index is 912. The quantitative estimate of drug-likeness (QED) is 0.741. The second-order valence-corrected chi connectivity index (χ2v) is 7.42. The van der Waals surface area contributed by atoms with Crippen LogP contribution < -0.4 is 9.80 Å². The van der Waals surface area contributed by atoms with Crippen molar-refractivity contribution >= 4 is 44.2 Å². The molecule has 3 aromatic rings. The Labute approximate surface area is 154 Å². The molecular weight excluding hydrogens is 361 g/mol. The molecule has 0 bridgehead atoms. The number of likely N-dealkylation sites (N-methyl/N-ethyl adjacent to an activating group) is 1. The number of hydrogen-bond donors (Lipinski definition) is 1. The molecule has 0 atom stereocenters. The lowest BCUT2D eigenvalue weighted by Gasteiger charge is -2.21. The van der Waals surface area contributed by atoms with Crippen LogP contribution in [0.15, 0.2) is 42.5 Å². The lowest BCUT2D eigenvalue weighted by Crippen LogP contribution is -3.06. The van der Waals surface area contributed by atoms with Crippen LogP contribution >= 0.6 is 22.9 Å². The molecule has 0 radical (unpaired) electrons. The zero-order chi connectivity index (χ0) is 18.0. The van der Waals surface area contributed by atoms with Gasteiger partial charge >= 0.3 is 0 Å². The summed E-state index contributed by atoms with van der Waals surface area (Å²) in [6, 6.07) is 11.4. The zero-order valence-electron chi connectivity index (χ0n) is 13.9. The van der Waals surface area contributed by atoms with E-state index in [1.165, 1.54) is 28.4 Å². The van der Waals surface area contributed by atoms with Gasteiger partial charge in [-0.25, -0.2) is 9.37 Å². The smallest absolute Gasteiger partial charge is 0.261 e. The Morgan fingerprint density at radius 3 is 2.76 bits per heavy atom. The van der Waals surface area contributed by atoms with Gasteiger partial charge in [0.15, 0.2) is 5.13 Å². The number of hydrogen-bond acceptors (Lipinski definition) is 3. The topological polar surface area (TPSA) is 37.6 Å². The SMILES string of the molecule is C[NH+](C)CCN(C(=O)c1ccccc1Cl)c1nc2ccc(F)cc2s1. The first-order chi connectivity index (χ1) is 12.0. The van der Waals surface area contributed by atoms with Gasteiger partial charge in [0.2, 0.25) is 0 Å². The molecule has 1 amide bonds. The summed E-state index contributed by atoms with van der Waals surface area (Å²) in [5.74, 6) is -0.518. The number of rotatable bonds is 5. The highest BCUT2D eigenvalue weighted by Crippen LogP contribution is 2.30. The van der Waals surface area contributed by atoms with Crippen LogP contribution in [0.1, 0.15) is 10.4 Å². The van der Waals surface area contributed by atoms with E-state index < -0.39 is 0 Å². The van der Waals surface area contributed by atoms with Gasteiger partial charge in [-0.05, 0) is 30.3 Å². The number of fused-ring (bicyclic) bond motifs is 1. The van der Waals surface area contributed by atoms with Crippen LogP contribution in [0.4, 0.5) is 9.52 Å². The van der Waals surface area contributed by atoms with Crippen molar-refractivity contribution in [1.82, 2.24) is 4.98 Å². The van der Waals surface area contributed by atoms with Gasteiger partial charge in [-0.1, -0.05) is 35.1 Å². The number of aromatic nitrogens is 1. The van der Waals surface area contributed by atoms with Crippen molar-refractivity contribution in [3.05, 3.63) is 58.9 Å². The lowest BCUT2D eigenvalue weighted by atomic mass is 10.2. The Kier molecular flexibility index (Phi) is 5.32. The average Bonchev–Trinajstić information content (AvgIpc) is 2.97. The summed E-state index contributed by atoms with van der Waals surface area (Å²) in [7, 11) is 4.04. The number of thiazole rings is 1. The van der Waals surface area contributed by atoms with Gasteiger partial charge in [0.25, 0.3) is 5.91 Å². The fourth-order valence-corrected chi connectivity index (χ4v) is 3.63. The number of carbonyl (C=O) groups excluding carboxylic acids is 1. The van der Waals surface area contributed by atoms with Gasteiger partial charge < -0.3 is 4.90 Å². The fraction of sp³-hybridized carbons (Fsp3) is 0.222. The number of anilines is 1. The molecule has 4 nitrogen and oxygen atoms in total. The van der Waals surface area contributed by atoms with E-state index in [1.54, 1.807) is 35.2 Å². The van der Waals surface area contributed by atoms with Crippen molar-refractivity contribution < 1.29 is 14.1 Å². The number of carbonyl (C=O) groups is 1. The molecule has 130 valence electrons. The second-order valence-electron chi connectivity index (χ2n) is 6.00. The van der Waals surface area contributed by atoms with E-state index in [1.807, 2.05) is 14.1 Å². The van der Waals surface area contributed by atoms with Crippen molar-refractivity contribution in [2.45, 2.75) is 0 Å². The lowest BCUT2D eigenvalue weighted by molar-refractivity contribution is -0.856. The third-order valence-corrected chi connectivity index (χ3v) is 5.13. The van der Waals surface area contributed by atoms with Gasteiger partial charge in [-0.2, -0.15) is 0 Å². The number of quaternary nitrogens is 1. The molecule has 0 saturated heterocycles. The van der Waals surface area contributed by atoms with E-state index in [-0.39, 0.29) is 11.7 Å². The second kappa shape index (κ2) is 7.47. The summed E-state index contributed by atoms with van der Waals surface area (Å²) in [5.41, 5.74) is 1.11. The van der Waals surface area contributed by atoms with E-state index in [2.05, 4.69) is 4.98 Å². The summed E-state index contributed by atoms with van der Waals surface area (Å²) in [6.45, 7) is 1.25. The van der Waals surface area contributed by atoms with E-state index >= 15 is 0 Å². The van der Waals surface area contributed by atoms with Gasteiger partial charge in [0, 0.05) is 0 Å². The standard InChI is InChI=1S/C18H17ClFN3OS/c1-22(2)9-10-23(17(24)13-5-3-4-6-14(13)19)18-21-15-8-7-12(20)11-16(15)25-18/h3-8,11H,9-10H2,1-2H3/p+1. The molecule has 1 N–H and O–H groups in total. The predicted octanol–water partition coefficient (Wildman–Crippen LogP) is 2.88. The summed E-state index contributed by atoms with van der Waals surface area (Å²) >= 11 is 7.50. The minimum absolute atomic E-state index is 0.202. The highest BCUT2D eigenvalue weighted by molar-refractivity contribution is 7.22. The number of nitrogens with one attached hydrogen (secondary N) is 1. The van der Waals surface area contributed by atoms with E-state index in [0.29, 0.717) is 32.5 Å². The molecule has 7 heteroatoms. The fourth-order valence-electron chi connectivity index (χ4n) is 2.40. The van der Waals surface area contributed by atoms with Crippen LogP contribution in [0, 0.1) is 5.82 Å². The average molecular weight is 379 g/mol. The molecule has 0 unspecified atom stereocenters. The minimum Gasteiger partial charge on any atom is -0.338 e. The molecule has 0 aliphatic heterocycles. The van der Waals surface area contributed by atoms with E-state index in [4.69, 9.17) is 11.6 Å². The van der Waals surface area contributed by atoms with Crippen molar-refractivity contribution in [2.75, 3.05) is 32.1 Å². The molecule has 1 heterocycles. The predicted molar refractivity (Wildman–Crippen MR) is 100 cm³/mol. The number of benzene rings is 2. The molecule has 2 aromatic carbocycles. The highest BCUT2D eigenvalue weighted by atomic mass is 35.5. The zero-order valence-corrected chi connectivity index (χ0v) is 15.5. The van der Waals surface area contributed by atoms with Crippen LogP contribution in [0.5, 0.6) is 0 Å². The van der Waals surface area contributed by atoms with Crippen LogP contribution in [0.3, 0.4) is 0 Å². The van der Waals surface area contributed by atoms with Crippen molar-refractivity contribution in [1.29, 1.82) is 0 Å². The molecule has 0 spiro atoms. The Balaban J connectivity index is 2.01. The van der Waals surface area contributed by atoms with Crippen LogP contribution in [-0.4, -0.2) is 38.1 Å². The highest BCUT2D eigenvalue weighted by Gasteiger charge is 2.23. The first-order valence-corrected chi connectivity index (χ1v) is 9.06. The van der Waals surface area contributed by atoms with E-state index in [0.717, 1.165) is 6.54 Å². The largest absolute Gasteiger partial charge is 0.338 e. The Hall–Kier alpha value is -2.02. The van der Waals surface area contributed by atoms with Gasteiger partial charge in [0.1, 0.15) is 5.82 Å². The number of amides is 1. The summed E-state index contributed by atoms with van der Waals surface area (Å²) in [4.78, 5) is 20.4. The molecule has 0 aliphatic carbocycles.